The van der Waals surface area contributed by atoms with Crippen LogP contribution in [0.2, 0.25) is 0 Å². The summed E-state index contributed by atoms with van der Waals surface area (Å²) < 4.78 is 0. The van der Waals surface area contributed by atoms with Crippen LogP contribution in [0.3, 0.4) is 0 Å². The summed E-state index contributed by atoms with van der Waals surface area (Å²) in [5.41, 5.74) is 0. The first-order chi connectivity index (χ1) is 6.91. The van der Waals surface area contributed by atoms with Gasteiger partial charge in [-0.3, -0.25) is 0 Å². The summed E-state index contributed by atoms with van der Waals surface area (Å²) in [5.74, 6) is 0. The second kappa shape index (κ2) is 22.2. The summed E-state index contributed by atoms with van der Waals surface area (Å²) in [6.07, 6.45) is 17.4. The topological polar surface area (TPSA) is 0 Å². The van der Waals surface area contributed by atoms with E-state index in [1.165, 1.54) is 77.0 Å². The van der Waals surface area contributed by atoms with Crippen molar-refractivity contribution in [1.82, 2.24) is 0 Å². The van der Waals surface area contributed by atoms with Crippen molar-refractivity contribution in [3.63, 3.8) is 0 Å². The predicted octanol–water partition coefficient (Wildman–Crippen LogP) is 4.41. The van der Waals surface area contributed by atoms with Gasteiger partial charge in [-0.15, -0.1) is 0 Å². The molecule has 0 aliphatic carbocycles. The summed E-state index contributed by atoms with van der Waals surface area (Å²) in [7, 11) is 0. The molecule has 16 heavy (non-hydrogen) atoms. The van der Waals surface area contributed by atoms with Crippen LogP contribution in [0.5, 0.6) is 0 Å². The van der Waals surface area contributed by atoms with Gasteiger partial charge in [0.2, 0.25) is 0 Å². The molecule has 0 N–H and O–H groups in total. The van der Waals surface area contributed by atoms with E-state index in [-0.39, 0.29) is 59.1 Å². The third kappa shape index (κ3) is 21.3. The van der Waals surface area contributed by atoms with E-state index in [4.69, 9.17) is 0 Å². The van der Waals surface area contributed by atoms with E-state index in [0.29, 0.717) is 0 Å². The van der Waals surface area contributed by atoms with Gasteiger partial charge in [0.05, 0.1) is 0 Å². The van der Waals surface area contributed by atoms with E-state index in [9.17, 15) is 0 Å². The van der Waals surface area contributed by atoms with Crippen molar-refractivity contribution >= 4 is 59.1 Å². The monoisotopic (exact) mass is 246 g/mol. The first-order valence-corrected chi connectivity index (χ1v) is 6.91. The molecule has 90 valence electrons. The summed E-state index contributed by atoms with van der Waals surface area (Å²) in [4.78, 5) is 0. The van der Waals surface area contributed by atoms with Crippen LogP contribution < -0.4 is 0 Å². The number of rotatable bonds is 11. The van der Waals surface area contributed by atoms with E-state index in [1.807, 2.05) is 0 Å². The fourth-order valence-corrected chi connectivity index (χ4v) is 1.91. The Hall–Kier alpha value is 2.00. The Morgan fingerprint density at radius 3 is 0.750 bits per heavy atom. The van der Waals surface area contributed by atoms with Gasteiger partial charge >= 0.3 is 59.1 Å². The molecule has 0 spiro atoms. The Morgan fingerprint density at radius 2 is 0.562 bits per heavy atom. The number of hydrogen-bond acceptors (Lipinski definition) is 0. The van der Waals surface area contributed by atoms with Gasteiger partial charge in [-0.25, -0.2) is 0 Å². The summed E-state index contributed by atoms with van der Waals surface area (Å²) in [5, 5.41) is 0. The molecule has 0 heterocycles. The van der Waals surface area contributed by atoms with Gasteiger partial charge in [0, 0.05) is 0 Å². The second-order valence-electron chi connectivity index (χ2n) is 4.54. The first kappa shape index (κ1) is 23.1. The van der Waals surface area contributed by atoms with E-state index in [2.05, 4.69) is 13.8 Å². The SMILES string of the molecule is CCCCCCCCCCCCCC.[NaH].[NaH]. The van der Waals surface area contributed by atoms with E-state index in [1.54, 1.807) is 0 Å². The van der Waals surface area contributed by atoms with Crippen LogP contribution in [0.1, 0.15) is 90.9 Å². The molecule has 0 radical (unpaired) electrons. The predicted molar refractivity (Wildman–Crippen MR) is 81.1 cm³/mol. The molecule has 0 bridgehead atoms. The second-order valence-corrected chi connectivity index (χ2v) is 4.54. The number of hydrogen-bond donors (Lipinski definition) is 0. The molecular formula is C14H32Na2. The number of unbranched alkanes of at least 4 members (excludes halogenated alkanes) is 11. The van der Waals surface area contributed by atoms with Crippen molar-refractivity contribution in [1.29, 1.82) is 0 Å². The third-order valence-corrected chi connectivity index (χ3v) is 2.96. The standard InChI is InChI=1S/C14H30.2Na.2H/c1-3-5-7-9-11-13-14-12-10-8-6-4-2;;;;/h3-14H2,1-2H3;;;;. The van der Waals surface area contributed by atoms with Crippen LogP contribution in [0.25, 0.3) is 0 Å². The van der Waals surface area contributed by atoms with Crippen LogP contribution in [0, 0.1) is 0 Å². The first-order valence-electron chi connectivity index (χ1n) is 6.91. The van der Waals surface area contributed by atoms with Gasteiger partial charge in [0.15, 0.2) is 0 Å². The van der Waals surface area contributed by atoms with E-state index < -0.39 is 0 Å². The van der Waals surface area contributed by atoms with Crippen molar-refractivity contribution in [2.75, 3.05) is 0 Å². The van der Waals surface area contributed by atoms with Gasteiger partial charge in [-0.1, -0.05) is 90.9 Å². The Labute approximate surface area is 148 Å². The van der Waals surface area contributed by atoms with Crippen LogP contribution in [-0.4, -0.2) is 59.1 Å². The minimum absolute atomic E-state index is 0. The molecule has 0 aliphatic rings. The zero-order valence-corrected chi connectivity index (χ0v) is 10.5. The van der Waals surface area contributed by atoms with E-state index in [0.717, 1.165) is 0 Å². The van der Waals surface area contributed by atoms with Gasteiger partial charge in [0.25, 0.3) is 0 Å². The molecule has 0 saturated heterocycles. The molecule has 0 fully saturated rings. The van der Waals surface area contributed by atoms with Crippen LogP contribution in [0.15, 0.2) is 0 Å². The van der Waals surface area contributed by atoms with Gasteiger partial charge in [0.1, 0.15) is 0 Å². The Balaban J connectivity index is -0.000000845. The molecule has 0 aromatic carbocycles. The fourth-order valence-electron chi connectivity index (χ4n) is 1.91. The maximum absolute atomic E-state index is 2.29. The summed E-state index contributed by atoms with van der Waals surface area (Å²) in [6.45, 7) is 4.57. The molecule has 0 amide bonds. The fraction of sp³-hybridized carbons (Fsp3) is 1.00. The van der Waals surface area contributed by atoms with Crippen molar-refractivity contribution in [2.24, 2.45) is 0 Å². The van der Waals surface area contributed by atoms with Crippen molar-refractivity contribution in [2.45, 2.75) is 90.9 Å². The van der Waals surface area contributed by atoms with E-state index >= 15 is 0 Å². The maximum atomic E-state index is 2.29. The Morgan fingerprint density at radius 1 is 0.375 bits per heavy atom. The average Bonchev–Trinajstić information content (AvgIpc) is 2.21. The summed E-state index contributed by atoms with van der Waals surface area (Å²) in [6, 6.07) is 0. The van der Waals surface area contributed by atoms with Crippen LogP contribution in [0.4, 0.5) is 0 Å². The molecule has 2 heteroatoms. The normalized spacial score (nSPS) is 9.38. The van der Waals surface area contributed by atoms with Gasteiger partial charge < -0.3 is 0 Å². The molecule has 0 aliphatic heterocycles. The zero-order valence-electron chi connectivity index (χ0n) is 10.5. The Kier molecular flexibility index (Phi) is 32.1. The molecule has 0 rings (SSSR count). The third-order valence-electron chi connectivity index (χ3n) is 2.96. The quantitative estimate of drug-likeness (QED) is 0.374. The zero-order chi connectivity index (χ0) is 10.5. The molecule has 0 aromatic rings. The van der Waals surface area contributed by atoms with Crippen molar-refractivity contribution in [3.05, 3.63) is 0 Å². The minimum atomic E-state index is 0. The molecule has 0 aromatic heterocycles. The molecular weight excluding hydrogens is 214 g/mol. The molecule has 0 atom stereocenters. The van der Waals surface area contributed by atoms with Gasteiger partial charge in [-0.2, -0.15) is 0 Å². The van der Waals surface area contributed by atoms with Crippen molar-refractivity contribution < 1.29 is 0 Å². The molecule has 0 saturated carbocycles. The van der Waals surface area contributed by atoms with Gasteiger partial charge in [-0.05, 0) is 0 Å². The summed E-state index contributed by atoms with van der Waals surface area (Å²) >= 11 is 0. The average molecular weight is 246 g/mol. The Bertz CT molecular complexity index is 82.7. The van der Waals surface area contributed by atoms with Crippen LogP contribution >= 0.6 is 0 Å². The van der Waals surface area contributed by atoms with Crippen LogP contribution in [-0.2, 0) is 0 Å². The molecule has 0 unspecified atom stereocenters. The van der Waals surface area contributed by atoms with Crippen molar-refractivity contribution in [3.8, 4) is 0 Å². The molecule has 0 nitrogen and oxygen atoms in total.